The van der Waals surface area contributed by atoms with E-state index in [0.717, 1.165) is 24.3 Å². The molecule has 0 spiro atoms. The first-order chi connectivity index (χ1) is 14.3. The van der Waals surface area contributed by atoms with E-state index in [9.17, 15) is 34.8 Å². The van der Waals surface area contributed by atoms with Crippen molar-refractivity contribution < 1.29 is 39.5 Å². The molecule has 5 nitrogen and oxygen atoms in total. The van der Waals surface area contributed by atoms with Gasteiger partial charge in [0.1, 0.15) is 11.9 Å². The zero-order chi connectivity index (χ0) is 23.0. The molecule has 1 N–H and O–H groups in total. The Morgan fingerprint density at radius 2 is 1.65 bits per heavy atom. The van der Waals surface area contributed by atoms with Crippen LogP contribution in [0.15, 0.2) is 47.4 Å². The first kappa shape index (κ1) is 23.2. The second-order valence-corrected chi connectivity index (χ2v) is 8.81. The quantitative estimate of drug-likeness (QED) is 0.652. The summed E-state index contributed by atoms with van der Waals surface area (Å²) < 4.78 is 111. The van der Waals surface area contributed by atoms with Crippen molar-refractivity contribution in [3.63, 3.8) is 0 Å². The third-order valence-corrected chi connectivity index (χ3v) is 6.07. The molecule has 0 unspecified atom stereocenters. The maximum absolute atomic E-state index is 13.3. The number of hydrogen-bond acceptors (Lipinski definition) is 4. The number of anilines is 1. The van der Waals surface area contributed by atoms with Gasteiger partial charge in [0.15, 0.2) is 0 Å². The van der Waals surface area contributed by atoms with Crippen molar-refractivity contribution in [3.8, 4) is 5.75 Å². The molecule has 0 radical (unpaired) electrons. The fourth-order valence-corrected chi connectivity index (χ4v) is 4.17. The minimum atomic E-state index is -4.72. The standard InChI is InChI=1S/C19H18F6N2O3S/c1-27-9-8-14(11-27)30-17-10-13(4-7-16(17)19(23,24)25)26-31(28,29)15-5-2-12(3-6-15)18(20,21)22/h2-7,10,14,26H,8-9,11H2,1H3/t14-/m1/s1. The lowest BCUT2D eigenvalue weighted by atomic mass is 10.1. The van der Waals surface area contributed by atoms with E-state index < -0.39 is 50.3 Å². The maximum Gasteiger partial charge on any atom is 0.419 e. The lowest BCUT2D eigenvalue weighted by Gasteiger charge is -2.19. The molecule has 1 atom stereocenters. The molecule has 31 heavy (non-hydrogen) atoms. The molecular weight excluding hydrogens is 450 g/mol. The van der Waals surface area contributed by atoms with Crippen LogP contribution >= 0.6 is 0 Å². The number of hydrogen-bond donors (Lipinski definition) is 1. The Morgan fingerprint density at radius 1 is 1.00 bits per heavy atom. The number of halogens is 6. The zero-order valence-corrected chi connectivity index (χ0v) is 16.9. The van der Waals surface area contributed by atoms with E-state index in [0.29, 0.717) is 37.7 Å². The Balaban J connectivity index is 1.87. The van der Waals surface area contributed by atoms with E-state index in [-0.39, 0.29) is 5.69 Å². The van der Waals surface area contributed by atoms with Gasteiger partial charge in [0, 0.05) is 19.2 Å². The van der Waals surface area contributed by atoms with Gasteiger partial charge in [-0.05, 0) is 49.9 Å². The molecule has 1 aliphatic rings. The largest absolute Gasteiger partial charge is 0.488 e. The molecule has 0 bridgehead atoms. The third-order valence-electron chi connectivity index (χ3n) is 4.67. The van der Waals surface area contributed by atoms with Crippen molar-refractivity contribution in [3.05, 3.63) is 53.6 Å². The highest BCUT2D eigenvalue weighted by Gasteiger charge is 2.36. The van der Waals surface area contributed by atoms with Crippen LogP contribution in [-0.4, -0.2) is 39.6 Å². The number of nitrogens with zero attached hydrogens (tertiary/aromatic N) is 1. The number of rotatable bonds is 5. The first-order valence-corrected chi connectivity index (χ1v) is 10.5. The molecule has 0 aliphatic carbocycles. The molecule has 1 heterocycles. The summed E-state index contributed by atoms with van der Waals surface area (Å²) in [4.78, 5) is 1.41. The van der Waals surface area contributed by atoms with Gasteiger partial charge < -0.3 is 9.64 Å². The van der Waals surface area contributed by atoms with Gasteiger partial charge in [0.05, 0.1) is 21.7 Å². The Hall–Kier alpha value is -2.47. The summed E-state index contributed by atoms with van der Waals surface area (Å²) in [6.45, 7) is 1.06. The molecule has 2 aromatic carbocycles. The minimum absolute atomic E-state index is 0.214. The number of ether oxygens (including phenoxy) is 1. The SMILES string of the molecule is CN1CC[C@@H](Oc2cc(NS(=O)(=O)c3ccc(C(F)(F)F)cc3)ccc2C(F)(F)F)C1. The van der Waals surface area contributed by atoms with E-state index in [1.54, 1.807) is 7.05 Å². The average molecular weight is 468 g/mol. The van der Waals surface area contributed by atoms with Crippen molar-refractivity contribution in [2.75, 3.05) is 24.9 Å². The summed E-state index contributed by atoms with van der Waals surface area (Å²) >= 11 is 0. The van der Waals surface area contributed by atoms with Gasteiger partial charge in [-0.1, -0.05) is 0 Å². The number of benzene rings is 2. The fourth-order valence-electron chi connectivity index (χ4n) is 3.12. The summed E-state index contributed by atoms with van der Waals surface area (Å²) in [5.41, 5.74) is -2.30. The molecule has 3 rings (SSSR count). The monoisotopic (exact) mass is 468 g/mol. The second-order valence-electron chi connectivity index (χ2n) is 7.13. The third kappa shape index (κ3) is 5.62. The molecule has 1 fully saturated rings. The molecule has 12 heteroatoms. The molecule has 1 aliphatic heterocycles. The fraction of sp³-hybridized carbons (Fsp3) is 0.368. The summed E-state index contributed by atoms with van der Waals surface area (Å²) in [7, 11) is -2.54. The average Bonchev–Trinajstić information content (AvgIpc) is 3.04. The lowest BCUT2D eigenvalue weighted by Crippen LogP contribution is -2.23. The summed E-state index contributed by atoms with van der Waals surface area (Å²) in [5, 5.41) is 0. The van der Waals surface area contributed by atoms with Crippen LogP contribution < -0.4 is 9.46 Å². The van der Waals surface area contributed by atoms with Gasteiger partial charge in [-0.25, -0.2) is 8.42 Å². The topological polar surface area (TPSA) is 58.6 Å². The van der Waals surface area contributed by atoms with Gasteiger partial charge in [0.2, 0.25) is 0 Å². The maximum atomic E-state index is 13.3. The molecule has 0 amide bonds. The van der Waals surface area contributed by atoms with Crippen molar-refractivity contribution in [2.45, 2.75) is 29.8 Å². The predicted octanol–water partition coefficient (Wildman–Crippen LogP) is 4.61. The van der Waals surface area contributed by atoms with Crippen molar-refractivity contribution in [1.82, 2.24) is 4.90 Å². The van der Waals surface area contributed by atoms with Crippen LogP contribution in [0.2, 0.25) is 0 Å². The summed E-state index contributed by atoms with van der Waals surface area (Å²) in [6.07, 6.45) is -9.34. The number of likely N-dealkylation sites (tertiary alicyclic amines) is 1. The highest BCUT2D eigenvalue weighted by Crippen LogP contribution is 2.39. The van der Waals surface area contributed by atoms with E-state index in [2.05, 4.69) is 4.72 Å². The lowest BCUT2D eigenvalue weighted by molar-refractivity contribution is -0.139. The van der Waals surface area contributed by atoms with Crippen LogP contribution in [0.1, 0.15) is 17.5 Å². The van der Waals surface area contributed by atoms with Crippen LogP contribution in [0.3, 0.4) is 0 Å². The van der Waals surface area contributed by atoms with Crippen LogP contribution in [0.25, 0.3) is 0 Å². The van der Waals surface area contributed by atoms with Gasteiger partial charge in [-0.3, -0.25) is 4.72 Å². The smallest absolute Gasteiger partial charge is 0.419 e. The highest BCUT2D eigenvalue weighted by atomic mass is 32.2. The van der Waals surface area contributed by atoms with Gasteiger partial charge in [0.25, 0.3) is 10.0 Å². The van der Waals surface area contributed by atoms with Crippen LogP contribution in [-0.2, 0) is 22.4 Å². The van der Waals surface area contributed by atoms with Crippen LogP contribution in [0.5, 0.6) is 5.75 Å². The van der Waals surface area contributed by atoms with E-state index >= 15 is 0 Å². The molecule has 0 aromatic heterocycles. The Labute approximate surface area is 174 Å². The van der Waals surface area contributed by atoms with Crippen LogP contribution in [0, 0.1) is 0 Å². The molecular formula is C19H18F6N2O3S. The predicted molar refractivity (Wildman–Crippen MR) is 100 cm³/mol. The molecule has 1 saturated heterocycles. The highest BCUT2D eigenvalue weighted by molar-refractivity contribution is 7.92. The number of alkyl halides is 6. The molecule has 2 aromatic rings. The minimum Gasteiger partial charge on any atom is -0.488 e. The van der Waals surface area contributed by atoms with Gasteiger partial charge in [-0.2, -0.15) is 26.3 Å². The van der Waals surface area contributed by atoms with E-state index in [1.165, 1.54) is 0 Å². The number of nitrogens with one attached hydrogen (secondary N) is 1. The molecule has 0 saturated carbocycles. The Bertz CT molecular complexity index is 1040. The molecule has 170 valence electrons. The van der Waals surface area contributed by atoms with E-state index in [4.69, 9.17) is 4.74 Å². The Kier molecular flexibility index (Phi) is 6.16. The number of likely N-dealkylation sites (N-methyl/N-ethyl adjacent to an activating group) is 1. The van der Waals surface area contributed by atoms with Gasteiger partial charge >= 0.3 is 12.4 Å². The normalized spacial score (nSPS) is 18.2. The van der Waals surface area contributed by atoms with Crippen molar-refractivity contribution in [1.29, 1.82) is 0 Å². The van der Waals surface area contributed by atoms with E-state index in [1.807, 2.05) is 4.90 Å². The van der Waals surface area contributed by atoms with Gasteiger partial charge in [-0.15, -0.1) is 0 Å². The Morgan fingerprint density at radius 3 is 2.16 bits per heavy atom. The van der Waals surface area contributed by atoms with Crippen LogP contribution in [0.4, 0.5) is 32.0 Å². The first-order valence-electron chi connectivity index (χ1n) is 9.02. The summed E-state index contributed by atoms with van der Waals surface area (Å²) in [6, 6.07) is 5.26. The second kappa shape index (κ2) is 8.23. The number of sulfonamides is 1. The van der Waals surface area contributed by atoms with Crippen molar-refractivity contribution >= 4 is 15.7 Å². The zero-order valence-electron chi connectivity index (χ0n) is 16.1. The van der Waals surface area contributed by atoms with Crippen molar-refractivity contribution in [2.24, 2.45) is 0 Å². The summed E-state index contributed by atoms with van der Waals surface area (Å²) in [5.74, 6) is -0.527.